The fourth-order valence-corrected chi connectivity index (χ4v) is 5.10. The monoisotopic (exact) mass is 599 g/mol. The molecule has 0 aliphatic carbocycles. The van der Waals surface area contributed by atoms with E-state index in [-0.39, 0.29) is 6.04 Å². The maximum atomic E-state index is 9.26. The molecule has 7 heteroatoms. The maximum absolute atomic E-state index is 9.26. The smallest absolute Gasteiger partial charge is 0.134 e. The Hall–Kier alpha value is -4.00. The SMILES string of the molecule is C=C(C)N[C@H](C)CCNc1c(CCC(C)CCCCC)cnc(N)c1C(=N)c1ccc(C(=C)N/C(=C/C(C)=C\C)NC)cc1. The van der Waals surface area contributed by atoms with Gasteiger partial charge in [-0.2, -0.15) is 0 Å². The quantitative estimate of drug-likeness (QED) is 0.0521. The second-order valence-electron chi connectivity index (χ2n) is 12.0. The van der Waals surface area contributed by atoms with Gasteiger partial charge in [0.2, 0.25) is 0 Å². The maximum Gasteiger partial charge on any atom is 0.134 e. The third-order valence-electron chi connectivity index (χ3n) is 7.92. The van der Waals surface area contributed by atoms with Crippen molar-refractivity contribution in [2.45, 2.75) is 92.5 Å². The molecular formula is C37H57N7. The van der Waals surface area contributed by atoms with Gasteiger partial charge in [0.05, 0.1) is 17.0 Å². The molecule has 2 rings (SSSR count). The summed E-state index contributed by atoms with van der Waals surface area (Å²) in [5.74, 6) is 1.86. The summed E-state index contributed by atoms with van der Waals surface area (Å²) in [7, 11) is 1.88. The molecule has 0 radical (unpaired) electrons. The first-order valence-corrected chi connectivity index (χ1v) is 16.1. The lowest BCUT2D eigenvalue weighted by Gasteiger charge is -2.21. The van der Waals surface area contributed by atoms with E-state index in [1.165, 1.54) is 25.7 Å². The predicted octanol–water partition coefficient (Wildman–Crippen LogP) is 8.13. The van der Waals surface area contributed by atoms with E-state index in [9.17, 15) is 5.41 Å². The minimum absolute atomic E-state index is 0.276. The number of nitrogens with two attached hydrogens (primary N) is 1. The van der Waals surface area contributed by atoms with Crippen molar-refractivity contribution in [2.75, 3.05) is 24.6 Å². The van der Waals surface area contributed by atoms with Crippen LogP contribution in [-0.2, 0) is 6.42 Å². The average molecular weight is 600 g/mol. The van der Waals surface area contributed by atoms with Crippen LogP contribution in [-0.4, -0.2) is 30.3 Å². The number of hydrogen-bond donors (Lipinski definition) is 6. The summed E-state index contributed by atoms with van der Waals surface area (Å²) in [6.07, 6.45) is 13.9. The first-order valence-electron chi connectivity index (χ1n) is 16.1. The zero-order valence-electron chi connectivity index (χ0n) is 28.3. The van der Waals surface area contributed by atoms with Gasteiger partial charge in [0.15, 0.2) is 0 Å². The van der Waals surface area contributed by atoms with Crippen molar-refractivity contribution in [1.29, 1.82) is 5.41 Å². The van der Waals surface area contributed by atoms with E-state index in [0.29, 0.717) is 23.0 Å². The number of allylic oxidation sites excluding steroid dienone is 4. The third kappa shape index (κ3) is 11.6. The molecule has 2 atom stereocenters. The average Bonchev–Trinajstić information content (AvgIpc) is 2.99. The molecule has 1 heterocycles. The van der Waals surface area contributed by atoms with Gasteiger partial charge in [-0.3, -0.25) is 5.41 Å². The molecule has 1 aromatic carbocycles. The highest BCUT2D eigenvalue weighted by Crippen LogP contribution is 2.30. The fraction of sp³-hybridized carbons (Fsp3) is 0.459. The van der Waals surface area contributed by atoms with Crippen LogP contribution in [0, 0.1) is 11.3 Å². The van der Waals surface area contributed by atoms with Crippen LogP contribution >= 0.6 is 0 Å². The number of nitrogens with zero attached hydrogens (tertiary/aromatic N) is 1. The number of nitrogen functional groups attached to an aromatic ring is 1. The van der Waals surface area contributed by atoms with Crippen LogP contribution < -0.4 is 27.0 Å². The molecule has 44 heavy (non-hydrogen) atoms. The zero-order valence-corrected chi connectivity index (χ0v) is 28.3. The largest absolute Gasteiger partial charge is 0.387 e. The molecule has 7 nitrogen and oxygen atoms in total. The molecule has 7 N–H and O–H groups in total. The van der Waals surface area contributed by atoms with Crippen molar-refractivity contribution in [1.82, 2.24) is 20.9 Å². The van der Waals surface area contributed by atoms with Crippen LogP contribution in [0.5, 0.6) is 0 Å². The van der Waals surface area contributed by atoms with Crippen molar-refractivity contribution in [3.8, 4) is 0 Å². The molecule has 0 saturated heterocycles. The molecule has 0 bridgehead atoms. The summed E-state index contributed by atoms with van der Waals surface area (Å²) in [4.78, 5) is 4.57. The van der Waals surface area contributed by atoms with Crippen LogP contribution in [0.15, 0.2) is 72.9 Å². The molecule has 0 spiro atoms. The van der Waals surface area contributed by atoms with E-state index in [4.69, 9.17) is 5.73 Å². The van der Waals surface area contributed by atoms with E-state index in [1.807, 2.05) is 57.4 Å². The summed E-state index contributed by atoms with van der Waals surface area (Å²) in [6.45, 7) is 21.7. The molecule has 1 aromatic heterocycles. The van der Waals surface area contributed by atoms with Gasteiger partial charge in [0.1, 0.15) is 11.6 Å². The van der Waals surface area contributed by atoms with Crippen molar-refractivity contribution < 1.29 is 0 Å². The summed E-state index contributed by atoms with van der Waals surface area (Å²) >= 11 is 0. The number of unbranched alkanes of at least 4 members (excludes halogenated alkanes) is 2. The normalized spacial score (nSPS) is 13.2. The van der Waals surface area contributed by atoms with Crippen LogP contribution in [0.1, 0.15) is 102 Å². The number of anilines is 2. The number of aromatic nitrogens is 1. The first kappa shape index (κ1) is 36.2. The molecule has 0 aliphatic heterocycles. The number of aryl methyl sites for hydroxylation is 1. The Morgan fingerprint density at radius 3 is 2.34 bits per heavy atom. The number of hydrogen-bond acceptors (Lipinski definition) is 7. The second-order valence-corrected chi connectivity index (χ2v) is 12.0. The number of nitrogens with one attached hydrogen (secondary N) is 5. The van der Waals surface area contributed by atoms with Gasteiger partial charge in [-0.1, -0.05) is 88.6 Å². The van der Waals surface area contributed by atoms with E-state index < -0.39 is 0 Å². The minimum Gasteiger partial charge on any atom is -0.387 e. The lowest BCUT2D eigenvalue weighted by atomic mass is 9.93. The summed E-state index contributed by atoms with van der Waals surface area (Å²) in [5.41, 5.74) is 14.1. The van der Waals surface area contributed by atoms with Gasteiger partial charge in [-0.25, -0.2) is 4.98 Å². The Labute approximate surface area is 267 Å². The highest BCUT2D eigenvalue weighted by Gasteiger charge is 2.20. The van der Waals surface area contributed by atoms with Crippen molar-refractivity contribution in [2.24, 2.45) is 5.92 Å². The van der Waals surface area contributed by atoms with Crippen LogP contribution in [0.25, 0.3) is 5.70 Å². The van der Waals surface area contributed by atoms with Crippen LogP contribution in [0.2, 0.25) is 0 Å². The van der Waals surface area contributed by atoms with Crippen molar-refractivity contribution >= 4 is 22.9 Å². The van der Waals surface area contributed by atoms with Gasteiger partial charge in [-0.05, 0) is 70.1 Å². The fourth-order valence-electron chi connectivity index (χ4n) is 5.10. The standard InChI is InChI=1S/C37H57N7/c1-10-12-13-14-27(6)15-16-32-24-42-37(39)34(36(32)41-22-21-28(7)43-25(3)4)35(38)31-19-17-30(18-20-31)29(8)44-33(40-9)23-26(5)11-2/h11,17-20,23-24,27-28,38,40,43-44H,3,8,10,12-16,21-22H2,1-2,4-7,9H3,(H3,39,41,42)/b26-11-,33-23+,38-35?/t27?,28-/m1/s1. The lowest BCUT2D eigenvalue weighted by molar-refractivity contribution is 0.464. The molecule has 0 amide bonds. The Kier molecular flexibility index (Phi) is 15.3. The van der Waals surface area contributed by atoms with Gasteiger partial charge in [0.25, 0.3) is 0 Å². The number of benzene rings is 1. The molecule has 1 unspecified atom stereocenters. The molecule has 240 valence electrons. The topological polar surface area (TPSA) is 111 Å². The number of pyridine rings is 1. The van der Waals surface area contributed by atoms with Gasteiger partial charge in [0, 0.05) is 42.8 Å². The summed E-state index contributed by atoms with van der Waals surface area (Å²) < 4.78 is 0. The van der Waals surface area contributed by atoms with E-state index in [1.54, 1.807) is 0 Å². The van der Waals surface area contributed by atoms with Gasteiger partial charge >= 0.3 is 0 Å². The van der Waals surface area contributed by atoms with E-state index in [0.717, 1.165) is 71.0 Å². The second kappa shape index (κ2) is 18.6. The molecule has 0 fully saturated rings. The highest BCUT2D eigenvalue weighted by atomic mass is 15.1. The van der Waals surface area contributed by atoms with Crippen LogP contribution in [0.3, 0.4) is 0 Å². The number of rotatable bonds is 20. The predicted molar refractivity (Wildman–Crippen MR) is 192 cm³/mol. The Balaban J connectivity index is 2.34. The summed E-state index contributed by atoms with van der Waals surface area (Å²) in [5, 5.41) is 22.8. The van der Waals surface area contributed by atoms with Crippen LogP contribution in [0.4, 0.5) is 11.5 Å². The Morgan fingerprint density at radius 2 is 1.73 bits per heavy atom. The van der Waals surface area contributed by atoms with E-state index in [2.05, 4.69) is 73.2 Å². The lowest BCUT2D eigenvalue weighted by Crippen LogP contribution is -2.26. The van der Waals surface area contributed by atoms with Gasteiger partial charge < -0.3 is 27.0 Å². The minimum atomic E-state index is 0.276. The zero-order chi connectivity index (χ0) is 32.6. The Morgan fingerprint density at radius 1 is 1.05 bits per heavy atom. The van der Waals surface area contributed by atoms with Crippen molar-refractivity contribution in [3.05, 3.63) is 95.1 Å². The summed E-state index contributed by atoms with van der Waals surface area (Å²) in [6, 6.07) is 8.15. The Bertz CT molecular complexity index is 1300. The van der Waals surface area contributed by atoms with E-state index >= 15 is 0 Å². The molecule has 0 saturated carbocycles. The first-order chi connectivity index (χ1) is 21.0. The molecule has 2 aromatic rings. The molecule has 0 aliphatic rings. The molecular weight excluding hydrogens is 542 g/mol. The third-order valence-corrected chi connectivity index (χ3v) is 7.92. The van der Waals surface area contributed by atoms with Gasteiger partial charge in [-0.15, -0.1) is 0 Å². The van der Waals surface area contributed by atoms with Crippen molar-refractivity contribution in [3.63, 3.8) is 0 Å². The highest BCUT2D eigenvalue weighted by molar-refractivity contribution is 6.17.